The lowest BCUT2D eigenvalue weighted by Crippen LogP contribution is -2.60. The van der Waals surface area contributed by atoms with E-state index in [2.05, 4.69) is 77.4 Å². The number of allylic oxidation sites excluding steroid dienone is 4. The molecule has 1 aliphatic rings. The maximum Gasteiger partial charge on any atom is 0.299 e. The van der Waals surface area contributed by atoms with Gasteiger partial charge in [0.1, 0.15) is 5.71 Å². The van der Waals surface area contributed by atoms with Crippen LogP contribution in [0.25, 0.3) is 0 Å². The van der Waals surface area contributed by atoms with Gasteiger partial charge < -0.3 is 4.90 Å². The van der Waals surface area contributed by atoms with Gasteiger partial charge in [-0.05, 0) is 37.0 Å². The van der Waals surface area contributed by atoms with Gasteiger partial charge in [-0.15, -0.1) is 0 Å². The second-order valence-corrected chi connectivity index (χ2v) is 10.7. The first-order chi connectivity index (χ1) is 17.7. The lowest BCUT2D eigenvalue weighted by molar-refractivity contribution is 0.00502. The molecule has 2 rings (SSSR count). The third-order valence-corrected chi connectivity index (χ3v) is 7.51. The largest absolute Gasteiger partial charge is 0.350 e. The molecule has 4 nitrogen and oxygen atoms in total. The van der Waals surface area contributed by atoms with Crippen LogP contribution < -0.4 is 0 Å². The molecule has 0 bridgehead atoms. The van der Waals surface area contributed by atoms with E-state index in [1.165, 1.54) is 18.7 Å². The molecule has 1 heterocycles. The van der Waals surface area contributed by atoms with E-state index in [9.17, 15) is 8.78 Å². The van der Waals surface area contributed by atoms with Crippen LogP contribution in [0.2, 0.25) is 0 Å². The number of hydrogen-bond donors (Lipinski definition) is 0. The highest BCUT2D eigenvalue weighted by Gasteiger charge is 2.38. The van der Waals surface area contributed by atoms with Crippen molar-refractivity contribution < 1.29 is 8.78 Å². The van der Waals surface area contributed by atoms with E-state index in [4.69, 9.17) is 0 Å². The molecule has 7 heteroatoms. The Morgan fingerprint density at radius 2 is 1.68 bits per heavy atom. The van der Waals surface area contributed by atoms with Gasteiger partial charge in [-0.2, -0.15) is 8.78 Å². The highest BCUT2D eigenvalue weighted by molar-refractivity contribution is 7.20. The van der Waals surface area contributed by atoms with Gasteiger partial charge in [0.25, 0.3) is 5.66 Å². The summed E-state index contributed by atoms with van der Waals surface area (Å²) in [4.78, 5) is 11.2. The van der Waals surface area contributed by atoms with Crippen LogP contribution in [0.5, 0.6) is 0 Å². The smallest absolute Gasteiger partial charge is 0.299 e. The van der Waals surface area contributed by atoms with E-state index in [0.717, 1.165) is 77.1 Å². The van der Waals surface area contributed by atoms with Crippen LogP contribution in [0.1, 0.15) is 58.4 Å². The number of halogens is 2. The maximum atomic E-state index is 13.6. The average molecular weight is 533 g/mol. The summed E-state index contributed by atoms with van der Waals surface area (Å²) in [5, 5.41) is 0. The molecule has 1 saturated heterocycles. The van der Waals surface area contributed by atoms with E-state index in [-0.39, 0.29) is 11.3 Å². The van der Waals surface area contributed by atoms with Gasteiger partial charge in [-0.1, -0.05) is 85.8 Å². The molecule has 0 aliphatic carbocycles. The summed E-state index contributed by atoms with van der Waals surface area (Å²) in [6.45, 7) is 17.0. The Kier molecular flexibility index (Phi) is 13.1. The fourth-order valence-electron chi connectivity index (χ4n) is 5.28. The first-order valence-corrected chi connectivity index (χ1v) is 14.2. The van der Waals surface area contributed by atoms with Gasteiger partial charge in [0.2, 0.25) is 0 Å². The Balaban J connectivity index is 2.19. The summed E-state index contributed by atoms with van der Waals surface area (Å²) in [5.74, 6) is 0. The fraction of sp³-hybridized carbons (Fsp3) is 0.567. The first-order valence-electron chi connectivity index (χ1n) is 13.6. The van der Waals surface area contributed by atoms with Gasteiger partial charge in [0, 0.05) is 63.8 Å². The number of benzene rings is 1. The molecule has 0 radical (unpaired) electrons. The van der Waals surface area contributed by atoms with E-state index >= 15 is 0 Å². The minimum Gasteiger partial charge on any atom is -0.350 e. The van der Waals surface area contributed by atoms with Crippen molar-refractivity contribution in [1.82, 2.24) is 14.7 Å². The van der Waals surface area contributed by atoms with Crippen molar-refractivity contribution >= 4 is 15.0 Å². The Morgan fingerprint density at radius 3 is 2.19 bits per heavy atom. The van der Waals surface area contributed by atoms with Crippen molar-refractivity contribution in [2.45, 2.75) is 70.6 Å². The topological polar surface area (TPSA) is 22.1 Å². The summed E-state index contributed by atoms with van der Waals surface area (Å²) in [6.07, 6.45) is 12.1. The Bertz CT molecular complexity index is 894. The monoisotopic (exact) mass is 532 g/mol. The highest BCUT2D eigenvalue weighted by atomic mass is 31.0. The molecule has 1 unspecified atom stereocenters. The molecule has 0 spiro atoms. The zero-order chi connectivity index (χ0) is 27.3. The highest BCUT2D eigenvalue weighted by Crippen LogP contribution is 2.32. The quantitative estimate of drug-likeness (QED) is 0.138. The van der Waals surface area contributed by atoms with E-state index in [0.29, 0.717) is 0 Å². The van der Waals surface area contributed by atoms with Crippen LogP contribution in [0.15, 0.2) is 72.0 Å². The van der Waals surface area contributed by atoms with E-state index < -0.39 is 5.66 Å². The summed E-state index contributed by atoms with van der Waals surface area (Å²) in [7, 11) is 2.93. The molecule has 0 amide bonds. The van der Waals surface area contributed by atoms with Gasteiger partial charge in [-0.3, -0.25) is 14.8 Å². The predicted molar refractivity (Wildman–Crippen MR) is 158 cm³/mol. The zero-order valence-corrected chi connectivity index (χ0v) is 24.5. The summed E-state index contributed by atoms with van der Waals surface area (Å²) >= 11 is 0. The Labute approximate surface area is 226 Å². The molecule has 1 aromatic carbocycles. The van der Waals surface area contributed by atoms with Crippen LogP contribution >= 0.6 is 9.24 Å². The van der Waals surface area contributed by atoms with Gasteiger partial charge in [0.15, 0.2) is 0 Å². The van der Waals surface area contributed by atoms with Crippen molar-refractivity contribution in [3.8, 4) is 0 Å². The van der Waals surface area contributed by atoms with Crippen molar-refractivity contribution in [3.63, 3.8) is 0 Å². The number of alkyl halides is 2. The number of hydrogen-bond acceptors (Lipinski definition) is 4. The van der Waals surface area contributed by atoms with E-state index in [1.807, 2.05) is 12.3 Å². The number of piperazine rings is 1. The molecule has 1 aromatic rings. The third kappa shape index (κ3) is 9.74. The average Bonchev–Trinajstić information content (AvgIpc) is 2.88. The molecule has 0 aromatic heterocycles. The Morgan fingerprint density at radius 1 is 1.05 bits per heavy atom. The number of aliphatic imine (C=N–C) groups is 1. The summed E-state index contributed by atoms with van der Waals surface area (Å²) in [6, 6.07) is 10.7. The molecular weight excluding hydrogens is 485 g/mol. The van der Waals surface area contributed by atoms with Crippen LogP contribution in [0.4, 0.5) is 8.78 Å². The molecule has 1 fully saturated rings. The molecule has 206 valence electrons. The lowest BCUT2D eigenvalue weighted by atomic mass is 9.85. The summed E-state index contributed by atoms with van der Waals surface area (Å²) in [5.41, 5.74) is -0.861. The molecular formula is C30H47F2N4P. The number of rotatable bonds is 15. The molecule has 1 atom stereocenters. The minimum atomic E-state index is -3.04. The minimum absolute atomic E-state index is 0.0393. The van der Waals surface area contributed by atoms with Gasteiger partial charge in [0.05, 0.1) is 0 Å². The molecule has 0 N–H and O–H groups in total. The third-order valence-electron chi connectivity index (χ3n) is 7.22. The molecule has 1 aliphatic heterocycles. The second kappa shape index (κ2) is 15.5. The molecule has 37 heavy (non-hydrogen) atoms. The first kappa shape index (κ1) is 31.3. The second-order valence-electron chi connectivity index (χ2n) is 9.95. The van der Waals surface area contributed by atoms with Crippen LogP contribution in [-0.2, 0) is 6.54 Å². The van der Waals surface area contributed by atoms with Crippen LogP contribution in [-0.4, -0.2) is 71.4 Å². The lowest BCUT2D eigenvalue weighted by Gasteiger charge is -2.50. The maximum absolute atomic E-state index is 13.6. The van der Waals surface area contributed by atoms with Crippen molar-refractivity contribution in [2.75, 3.05) is 39.8 Å². The number of nitrogens with zero attached hydrogens (tertiary/aromatic N) is 4. The van der Waals surface area contributed by atoms with Crippen LogP contribution in [0.3, 0.4) is 0 Å². The molecule has 0 saturated carbocycles. The van der Waals surface area contributed by atoms with Gasteiger partial charge in [-0.25, -0.2) is 0 Å². The van der Waals surface area contributed by atoms with Crippen molar-refractivity contribution in [1.29, 1.82) is 0 Å². The summed E-state index contributed by atoms with van der Waals surface area (Å²) < 4.78 is 27.3. The SMILES string of the molecule is C=C(CC)N(/C=C/C=C\C(=NC)C(F)(F)P)CC(CCC)(CCC)N1CCN(Cc2ccccc2)CC1. The van der Waals surface area contributed by atoms with E-state index in [1.54, 1.807) is 15.3 Å². The zero-order valence-electron chi connectivity index (χ0n) is 23.3. The van der Waals surface area contributed by atoms with Crippen molar-refractivity contribution in [2.24, 2.45) is 4.99 Å². The van der Waals surface area contributed by atoms with Crippen LogP contribution in [0, 0.1) is 0 Å². The fourth-order valence-corrected chi connectivity index (χ4v) is 5.50. The van der Waals surface area contributed by atoms with Crippen molar-refractivity contribution in [3.05, 3.63) is 72.6 Å². The predicted octanol–water partition coefficient (Wildman–Crippen LogP) is 6.98. The van der Waals surface area contributed by atoms with Gasteiger partial charge >= 0.3 is 0 Å². The standard InChI is InChI=1S/C30H47F2N4P/c1-6-17-29(18-7-2,36-22-20-34(21-23-36)24-27-14-10-9-11-15-27)25-35(26(4)8-3)19-13-12-16-28(33-5)30(31,32)37/h9-16,19H,4,6-8,17-18,20-25,37H2,1-3,5H3/b16-12-,19-13+,33-28?. The Hall–Kier alpha value is -1.88. The normalized spacial score (nSPS) is 16.7.